The van der Waals surface area contributed by atoms with E-state index in [1.165, 1.54) is 0 Å². The molecule has 1 amide bonds. The molecular weight excluding hydrogens is 300 g/mol. The maximum atomic E-state index is 11.3. The highest BCUT2D eigenvalue weighted by atomic mass is 35.5. The molecule has 22 heavy (non-hydrogen) atoms. The van der Waals surface area contributed by atoms with Crippen molar-refractivity contribution in [3.63, 3.8) is 0 Å². The topological polar surface area (TPSA) is 58.1 Å². The minimum Gasteiger partial charge on any atom is -0.354 e. The lowest BCUT2D eigenvalue weighted by Crippen LogP contribution is -2.47. The molecule has 0 radical (unpaired) electrons. The first-order valence-electron chi connectivity index (χ1n) is 7.49. The summed E-state index contributed by atoms with van der Waals surface area (Å²) in [5.74, 6) is 0.872. The molecule has 116 valence electrons. The minimum absolute atomic E-state index is 0.00797. The van der Waals surface area contributed by atoms with E-state index in [2.05, 4.69) is 33.2 Å². The van der Waals surface area contributed by atoms with Crippen molar-refractivity contribution in [2.24, 2.45) is 0 Å². The summed E-state index contributed by atoms with van der Waals surface area (Å²) in [6, 6.07) is 6.13. The summed E-state index contributed by atoms with van der Waals surface area (Å²) in [4.78, 5) is 22.3. The number of aromatic nitrogens is 2. The molecule has 1 saturated heterocycles. The standard InChI is InChI=1S/C16H19ClN4O/c1-10-5-3-7-13-14(10)15(20-16(17)19-13)21-8-4-6-12(9-21)18-11(2)22/h3,5,7,12H,4,6,8-9H2,1-2H3,(H,18,22). The van der Waals surface area contributed by atoms with Crippen molar-refractivity contribution >= 4 is 34.2 Å². The number of hydrogen-bond acceptors (Lipinski definition) is 4. The lowest BCUT2D eigenvalue weighted by Gasteiger charge is -2.34. The lowest BCUT2D eigenvalue weighted by molar-refractivity contribution is -0.119. The van der Waals surface area contributed by atoms with Crippen molar-refractivity contribution in [2.45, 2.75) is 32.7 Å². The zero-order chi connectivity index (χ0) is 15.7. The highest BCUT2D eigenvalue weighted by molar-refractivity contribution is 6.28. The Bertz CT molecular complexity index is 719. The van der Waals surface area contributed by atoms with Gasteiger partial charge in [-0.1, -0.05) is 12.1 Å². The second-order valence-corrected chi connectivity index (χ2v) is 6.11. The van der Waals surface area contributed by atoms with Gasteiger partial charge in [-0.15, -0.1) is 0 Å². The Balaban J connectivity index is 2.00. The van der Waals surface area contributed by atoms with E-state index in [0.29, 0.717) is 0 Å². The molecular formula is C16H19ClN4O. The van der Waals surface area contributed by atoms with Crippen LogP contribution in [0.2, 0.25) is 5.28 Å². The third-order valence-corrected chi connectivity index (χ3v) is 4.18. The summed E-state index contributed by atoms with van der Waals surface area (Å²) in [6.45, 7) is 5.27. The fourth-order valence-electron chi connectivity index (χ4n) is 3.11. The first-order valence-corrected chi connectivity index (χ1v) is 7.87. The lowest BCUT2D eigenvalue weighted by atomic mass is 10.0. The van der Waals surface area contributed by atoms with Gasteiger partial charge >= 0.3 is 0 Å². The Hall–Kier alpha value is -1.88. The van der Waals surface area contributed by atoms with Gasteiger partial charge in [-0.05, 0) is 43.0 Å². The Morgan fingerprint density at radius 1 is 1.41 bits per heavy atom. The number of piperidine rings is 1. The molecule has 2 heterocycles. The Morgan fingerprint density at radius 2 is 2.23 bits per heavy atom. The van der Waals surface area contributed by atoms with Crippen LogP contribution in [0.4, 0.5) is 5.82 Å². The van der Waals surface area contributed by atoms with Crippen molar-refractivity contribution in [3.8, 4) is 0 Å². The zero-order valence-corrected chi connectivity index (χ0v) is 13.5. The van der Waals surface area contributed by atoms with Crippen molar-refractivity contribution in [1.29, 1.82) is 0 Å². The van der Waals surface area contributed by atoms with Crippen LogP contribution in [0.25, 0.3) is 10.9 Å². The van der Waals surface area contributed by atoms with E-state index < -0.39 is 0 Å². The van der Waals surface area contributed by atoms with Crippen LogP contribution in [0.15, 0.2) is 18.2 Å². The van der Waals surface area contributed by atoms with Crippen LogP contribution in [0, 0.1) is 6.92 Å². The highest BCUT2D eigenvalue weighted by Gasteiger charge is 2.24. The number of aryl methyl sites for hydroxylation is 1. The predicted molar refractivity (Wildman–Crippen MR) is 88.3 cm³/mol. The first-order chi connectivity index (χ1) is 10.5. The number of carbonyl (C=O) groups is 1. The zero-order valence-electron chi connectivity index (χ0n) is 12.8. The summed E-state index contributed by atoms with van der Waals surface area (Å²) in [5.41, 5.74) is 1.99. The van der Waals surface area contributed by atoms with Crippen molar-refractivity contribution < 1.29 is 4.79 Å². The molecule has 1 fully saturated rings. The molecule has 0 saturated carbocycles. The molecule has 1 aliphatic heterocycles. The molecule has 0 bridgehead atoms. The van der Waals surface area contributed by atoms with Crippen LogP contribution in [0.3, 0.4) is 0 Å². The van der Waals surface area contributed by atoms with Crippen molar-refractivity contribution in [2.75, 3.05) is 18.0 Å². The summed E-state index contributed by atoms with van der Waals surface area (Å²) >= 11 is 6.10. The van der Waals surface area contributed by atoms with Gasteiger partial charge in [0, 0.05) is 31.4 Å². The fourth-order valence-corrected chi connectivity index (χ4v) is 3.28. The van der Waals surface area contributed by atoms with E-state index in [9.17, 15) is 4.79 Å². The third kappa shape index (κ3) is 2.99. The van der Waals surface area contributed by atoms with E-state index in [0.717, 1.165) is 48.2 Å². The quantitative estimate of drug-likeness (QED) is 0.865. The van der Waals surface area contributed by atoms with E-state index in [-0.39, 0.29) is 17.2 Å². The van der Waals surface area contributed by atoms with Gasteiger partial charge in [-0.2, -0.15) is 4.98 Å². The maximum absolute atomic E-state index is 11.3. The molecule has 1 unspecified atom stereocenters. The monoisotopic (exact) mass is 318 g/mol. The van der Waals surface area contributed by atoms with Gasteiger partial charge in [-0.3, -0.25) is 4.79 Å². The Labute approximate surface area is 134 Å². The third-order valence-electron chi connectivity index (χ3n) is 4.01. The number of benzene rings is 1. The summed E-state index contributed by atoms with van der Waals surface area (Å²) < 4.78 is 0. The summed E-state index contributed by atoms with van der Waals surface area (Å²) in [5, 5.41) is 4.30. The number of amides is 1. The largest absolute Gasteiger partial charge is 0.354 e. The number of halogens is 1. The van der Waals surface area contributed by atoms with Crippen LogP contribution >= 0.6 is 11.6 Å². The fraction of sp³-hybridized carbons (Fsp3) is 0.438. The van der Waals surface area contributed by atoms with Crippen LogP contribution < -0.4 is 10.2 Å². The second kappa shape index (κ2) is 6.08. The number of carbonyl (C=O) groups excluding carboxylic acids is 1. The van der Waals surface area contributed by atoms with Crippen molar-refractivity contribution in [1.82, 2.24) is 15.3 Å². The molecule has 1 atom stereocenters. The van der Waals surface area contributed by atoms with E-state index in [1.54, 1.807) is 6.92 Å². The van der Waals surface area contributed by atoms with E-state index >= 15 is 0 Å². The van der Waals surface area contributed by atoms with Gasteiger partial charge in [0.1, 0.15) is 5.82 Å². The summed E-state index contributed by atoms with van der Waals surface area (Å²) in [7, 11) is 0. The Kier molecular flexibility index (Phi) is 4.16. The van der Waals surface area contributed by atoms with Gasteiger partial charge in [-0.25, -0.2) is 4.98 Å². The van der Waals surface area contributed by atoms with E-state index in [1.807, 2.05) is 12.1 Å². The average molecular weight is 319 g/mol. The van der Waals surface area contributed by atoms with Gasteiger partial charge < -0.3 is 10.2 Å². The number of rotatable bonds is 2. The number of anilines is 1. The number of nitrogens with zero attached hydrogens (tertiary/aromatic N) is 3. The molecule has 1 aromatic heterocycles. The van der Waals surface area contributed by atoms with Crippen LogP contribution in [0.5, 0.6) is 0 Å². The van der Waals surface area contributed by atoms with E-state index in [4.69, 9.17) is 11.6 Å². The van der Waals surface area contributed by atoms with Crippen molar-refractivity contribution in [3.05, 3.63) is 29.0 Å². The maximum Gasteiger partial charge on any atom is 0.224 e. The van der Waals surface area contributed by atoms with Gasteiger partial charge in [0.15, 0.2) is 0 Å². The molecule has 1 N–H and O–H groups in total. The number of hydrogen-bond donors (Lipinski definition) is 1. The van der Waals surface area contributed by atoms with Crippen LogP contribution in [0.1, 0.15) is 25.3 Å². The average Bonchev–Trinajstić information content (AvgIpc) is 2.46. The predicted octanol–water partition coefficient (Wildman–Crippen LogP) is 2.70. The smallest absolute Gasteiger partial charge is 0.224 e. The molecule has 3 rings (SSSR count). The van der Waals surface area contributed by atoms with Gasteiger partial charge in [0.05, 0.1) is 5.52 Å². The van der Waals surface area contributed by atoms with Gasteiger partial charge in [0.2, 0.25) is 11.2 Å². The summed E-state index contributed by atoms with van der Waals surface area (Å²) in [6.07, 6.45) is 2.01. The molecule has 0 spiro atoms. The molecule has 1 aliphatic rings. The molecule has 2 aromatic rings. The van der Waals surface area contributed by atoms with Crippen LogP contribution in [-0.4, -0.2) is 35.0 Å². The van der Waals surface area contributed by atoms with Gasteiger partial charge in [0.25, 0.3) is 0 Å². The highest BCUT2D eigenvalue weighted by Crippen LogP contribution is 2.30. The molecule has 0 aliphatic carbocycles. The SMILES string of the molecule is CC(=O)NC1CCCN(c2nc(Cl)nc3cccc(C)c23)C1. The number of fused-ring (bicyclic) bond motifs is 1. The molecule has 1 aromatic carbocycles. The minimum atomic E-state index is 0.00797. The molecule has 5 nitrogen and oxygen atoms in total. The number of nitrogens with one attached hydrogen (secondary N) is 1. The first kappa shape index (κ1) is 15.0. The van der Waals surface area contributed by atoms with Crippen LogP contribution in [-0.2, 0) is 4.79 Å². The molecule has 6 heteroatoms. The Morgan fingerprint density at radius 3 is 3.00 bits per heavy atom. The second-order valence-electron chi connectivity index (χ2n) is 5.77. The normalized spacial score (nSPS) is 18.5.